The van der Waals surface area contributed by atoms with Crippen molar-refractivity contribution in [1.29, 1.82) is 0 Å². The van der Waals surface area contributed by atoms with Crippen molar-refractivity contribution < 1.29 is 14.5 Å². The molecule has 0 aromatic carbocycles. The highest BCUT2D eigenvalue weighted by atomic mass is 16.6. The summed E-state index contributed by atoms with van der Waals surface area (Å²) < 4.78 is 5.29. The second-order valence-electron chi connectivity index (χ2n) is 7.21. The molecule has 2 atom stereocenters. The van der Waals surface area contributed by atoms with E-state index in [2.05, 4.69) is 17.2 Å². The van der Waals surface area contributed by atoms with Gasteiger partial charge in [0.15, 0.2) is 0 Å². The summed E-state index contributed by atoms with van der Waals surface area (Å²) in [6.45, 7) is 8.67. The van der Waals surface area contributed by atoms with E-state index in [0.717, 1.165) is 6.42 Å². The van der Waals surface area contributed by atoms with Crippen molar-refractivity contribution in [2.24, 2.45) is 5.92 Å². The number of nitrogens with one attached hydrogen (secondary N) is 1. The predicted octanol–water partition coefficient (Wildman–Crippen LogP) is 2.73. The van der Waals surface area contributed by atoms with E-state index >= 15 is 0 Å². The number of piperidine rings is 1. The normalized spacial score (nSPS) is 21.2. The van der Waals surface area contributed by atoms with E-state index in [4.69, 9.17) is 4.74 Å². The number of hydrogen-bond acceptors (Lipinski definition) is 6. The highest BCUT2D eigenvalue weighted by Gasteiger charge is 2.30. The van der Waals surface area contributed by atoms with Crippen LogP contribution in [0.2, 0.25) is 0 Å². The molecular weight excluding hydrogens is 312 g/mol. The largest absolute Gasteiger partial charge is 0.444 e. The molecule has 132 valence electrons. The first kappa shape index (κ1) is 18.0. The number of anilines is 1. The zero-order valence-electron chi connectivity index (χ0n) is 14.5. The Bertz CT molecular complexity index is 614. The molecular formula is C16H24N4O4. The molecule has 1 N–H and O–H groups in total. The number of alkyl carbamates (subject to hydrolysis) is 1. The van der Waals surface area contributed by atoms with Crippen LogP contribution in [-0.4, -0.2) is 40.7 Å². The number of carbonyl (C=O) groups excluding carboxylic acids is 1. The number of nitrogens with zero attached hydrogens (tertiary/aromatic N) is 3. The Morgan fingerprint density at radius 2 is 2.17 bits per heavy atom. The fourth-order valence-electron chi connectivity index (χ4n) is 2.91. The summed E-state index contributed by atoms with van der Waals surface area (Å²) in [5.41, 5.74) is -0.0614. The van der Waals surface area contributed by atoms with Crippen LogP contribution in [0, 0.1) is 16.0 Å². The molecule has 0 saturated carbocycles. The monoisotopic (exact) mass is 336 g/mol. The first-order valence-electron chi connectivity index (χ1n) is 7.98. The summed E-state index contributed by atoms with van der Waals surface area (Å²) in [7, 11) is 0. The lowest BCUT2D eigenvalue weighted by Gasteiger charge is -2.38. The maximum absolute atomic E-state index is 12.0. The summed E-state index contributed by atoms with van der Waals surface area (Å²) in [6.07, 6.45) is 3.13. The Balaban J connectivity index is 2.11. The maximum Gasteiger partial charge on any atom is 0.407 e. The van der Waals surface area contributed by atoms with E-state index in [-0.39, 0.29) is 17.6 Å². The van der Waals surface area contributed by atoms with Gasteiger partial charge < -0.3 is 15.0 Å². The second-order valence-corrected chi connectivity index (χ2v) is 7.21. The number of pyridine rings is 1. The smallest absolute Gasteiger partial charge is 0.407 e. The minimum Gasteiger partial charge on any atom is -0.444 e. The lowest BCUT2D eigenvalue weighted by atomic mass is 9.95. The number of amides is 1. The topological polar surface area (TPSA) is 97.6 Å². The summed E-state index contributed by atoms with van der Waals surface area (Å²) in [5, 5.41) is 14.1. The zero-order valence-corrected chi connectivity index (χ0v) is 14.5. The van der Waals surface area contributed by atoms with Gasteiger partial charge in [0, 0.05) is 25.3 Å². The van der Waals surface area contributed by atoms with Crippen LogP contribution in [0.5, 0.6) is 0 Å². The van der Waals surface area contributed by atoms with Crippen molar-refractivity contribution in [3.8, 4) is 0 Å². The number of aromatic nitrogens is 1. The fraction of sp³-hybridized carbons (Fsp3) is 0.625. The average Bonchev–Trinajstić information content (AvgIpc) is 2.44. The molecule has 1 saturated heterocycles. The number of hydrogen-bond donors (Lipinski definition) is 1. The van der Waals surface area contributed by atoms with Crippen molar-refractivity contribution in [3.63, 3.8) is 0 Å². The van der Waals surface area contributed by atoms with E-state index in [0.29, 0.717) is 18.8 Å². The van der Waals surface area contributed by atoms with Gasteiger partial charge in [-0.3, -0.25) is 15.1 Å². The van der Waals surface area contributed by atoms with Crippen molar-refractivity contribution in [1.82, 2.24) is 10.3 Å². The van der Waals surface area contributed by atoms with Crippen LogP contribution in [-0.2, 0) is 4.74 Å². The van der Waals surface area contributed by atoms with Crippen molar-refractivity contribution in [2.75, 3.05) is 18.0 Å². The van der Waals surface area contributed by atoms with Gasteiger partial charge in [0.1, 0.15) is 17.5 Å². The van der Waals surface area contributed by atoms with E-state index in [1.807, 2.05) is 25.7 Å². The van der Waals surface area contributed by atoms with Gasteiger partial charge in [0.05, 0.1) is 4.92 Å². The molecule has 0 unspecified atom stereocenters. The summed E-state index contributed by atoms with van der Waals surface area (Å²) >= 11 is 0. The molecule has 8 heteroatoms. The molecule has 1 aromatic heterocycles. The third-order valence-corrected chi connectivity index (χ3v) is 3.70. The quantitative estimate of drug-likeness (QED) is 0.673. The molecule has 0 radical (unpaired) electrons. The van der Waals surface area contributed by atoms with E-state index in [9.17, 15) is 14.9 Å². The summed E-state index contributed by atoms with van der Waals surface area (Å²) in [5.74, 6) is 0.284. The van der Waals surface area contributed by atoms with E-state index in [1.165, 1.54) is 12.4 Å². The number of nitro groups is 1. The van der Waals surface area contributed by atoms with Gasteiger partial charge in [-0.2, -0.15) is 0 Å². The number of ether oxygens (including phenoxy) is 1. The van der Waals surface area contributed by atoms with Gasteiger partial charge in [0.25, 0.3) is 0 Å². The molecule has 1 aliphatic heterocycles. The average molecular weight is 336 g/mol. The maximum atomic E-state index is 12.0. The van der Waals surface area contributed by atoms with Gasteiger partial charge >= 0.3 is 11.8 Å². The van der Waals surface area contributed by atoms with Gasteiger partial charge in [-0.05, 0) is 39.2 Å². The lowest BCUT2D eigenvalue weighted by molar-refractivity contribution is -0.384. The van der Waals surface area contributed by atoms with Gasteiger partial charge in [-0.1, -0.05) is 6.92 Å². The SMILES string of the molecule is C[C@H]1C[C@@H](NC(=O)OC(C)(C)C)CN(c2ccncc2[N+](=O)[O-])C1. The highest BCUT2D eigenvalue weighted by molar-refractivity contribution is 5.68. The van der Waals surface area contributed by atoms with Crippen molar-refractivity contribution >= 4 is 17.5 Å². The van der Waals surface area contributed by atoms with Crippen LogP contribution in [0.25, 0.3) is 0 Å². The molecule has 0 aliphatic carbocycles. The molecule has 2 heterocycles. The molecule has 8 nitrogen and oxygen atoms in total. The molecule has 1 aliphatic rings. The lowest BCUT2D eigenvalue weighted by Crippen LogP contribution is -2.51. The molecule has 1 amide bonds. The van der Waals surface area contributed by atoms with Crippen LogP contribution in [0.4, 0.5) is 16.2 Å². The van der Waals surface area contributed by atoms with Gasteiger partial charge in [-0.15, -0.1) is 0 Å². The first-order valence-corrected chi connectivity index (χ1v) is 7.98. The fourth-order valence-corrected chi connectivity index (χ4v) is 2.91. The Morgan fingerprint density at radius 3 is 2.79 bits per heavy atom. The van der Waals surface area contributed by atoms with Crippen LogP contribution in [0.3, 0.4) is 0 Å². The Hall–Kier alpha value is -2.38. The molecule has 1 fully saturated rings. The molecule has 1 aromatic rings. The first-order chi connectivity index (χ1) is 11.2. The van der Waals surface area contributed by atoms with Gasteiger partial charge in [0.2, 0.25) is 0 Å². The number of carbonyl (C=O) groups is 1. The van der Waals surface area contributed by atoms with Crippen LogP contribution in [0.15, 0.2) is 18.5 Å². The summed E-state index contributed by atoms with van der Waals surface area (Å²) in [4.78, 5) is 28.5. The molecule has 24 heavy (non-hydrogen) atoms. The zero-order chi connectivity index (χ0) is 17.9. The van der Waals surface area contributed by atoms with Crippen LogP contribution < -0.4 is 10.2 Å². The molecule has 2 rings (SSSR count). The Morgan fingerprint density at radius 1 is 1.46 bits per heavy atom. The minimum absolute atomic E-state index is 0.0254. The Labute approximate surface area is 141 Å². The third-order valence-electron chi connectivity index (χ3n) is 3.70. The highest BCUT2D eigenvalue weighted by Crippen LogP contribution is 2.30. The molecule has 0 spiro atoms. The van der Waals surface area contributed by atoms with Gasteiger partial charge in [-0.25, -0.2) is 4.79 Å². The molecule has 0 bridgehead atoms. The minimum atomic E-state index is -0.562. The third kappa shape index (κ3) is 4.81. The van der Waals surface area contributed by atoms with Crippen molar-refractivity contribution in [2.45, 2.75) is 45.8 Å². The summed E-state index contributed by atoms with van der Waals surface area (Å²) in [6, 6.07) is 1.51. The Kier molecular flexibility index (Phi) is 5.26. The van der Waals surface area contributed by atoms with Crippen LogP contribution in [0.1, 0.15) is 34.1 Å². The van der Waals surface area contributed by atoms with E-state index < -0.39 is 16.6 Å². The second kappa shape index (κ2) is 7.02. The van der Waals surface area contributed by atoms with Crippen LogP contribution >= 0.6 is 0 Å². The van der Waals surface area contributed by atoms with Crippen molar-refractivity contribution in [3.05, 3.63) is 28.6 Å². The van der Waals surface area contributed by atoms with E-state index in [1.54, 1.807) is 6.07 Å². The predicted molar refractivity (Wildman–Crippen MR) is 90.0 cm³/mol. The standard InChI is InChI=1S/C16H24N4O4/c1-11-7-12(18-15(21)24-16(2,3)4)10-19(9-11)13-5-6-17-8-14(13)20(22)23/h5-6,8,11-12H,7,9-10H2,1-4H3,(H,18,21)/t11-,12+/m0/s1. The number of rotatable bonds is 3.